The van der Waals surface area contributed by atoms with Crippen LogP contribution in [0.25, 0.3) is 11.0 Å². The fourth-order valence-electron chi connectivity index (χ4n) is 4.21. The van der Waals surface area contributed by atoms with Gasteiger partial charge in [-0.05, 0) is 56.5 Å². The molecule has 154 valence electrons. The molecule has 2 aromatic carbocycles. The average molecular weight is 394 g/mol. The number of aromatic nitrogens is 2. The van der Waals surface area contributed by atoms with Crippen molar-refractivity contribution in [3.63, 3.8) is 0 Å². The Hall–Kier alpha value is -2.37. The summed E-state index contributed by atoms with van der Waals surface area (Å²) in [6.07, 6.45) is 5.58. The Morgan fingerprint density at radius 3 is 2.66 bits per heavy atom. The van der Waals surface area contributed by atoms with Crippen LogP contribution < -0.4 is 4.74 Å². The molecule has 0 radical (unpaired) electrons. The molecule has 5 nitrogen and oxygen atoms in total. The molecule has 0 aliphatic carbocycles. The molecule has 1 saturated heterocycles. The number of imidazole rings is 1. The number of benzene rings is 2. The molecule has 1 aliphatic heterocycles. The van der Waals surface area contributed by atoms with Crippen molar-refractivity contribution in [1.29, 1.82) is 0 Å². The van der Waals surface area contributed by atoms with Gasteiger partial charge in [-0.1, -0.05) is 30.3 Å². The van der Waals surface area contributed by atoms with E-state index in [1.54, 1.807) is 7.11 Å². The standard InChI is InChI=1S/C24H31N3O2/c1-28-24-9-5-2-6-21(24)18-26-13-10-20(11-14-26)12-16-29-17-15-27-19-25-22-7-3-4-8-23(22)27/h2-9,19-20H,10-18H2,1H3. The molecule has 0 saturated carbocycles. The van der Waals surface area contributed by atoms with Crippen molar-refractivity contribution in [2.24, 2.45) is 5.92 Å². The predicted octanol–water partition coefficient (Wildman–Crippen LogP) is 4.36. The normalized spacial score (nSPS) is 15.8. The molecule has 1 aliphatic rings. The van der Waals surface area contributed by atoms with Gasteiger partial charge in [0.2, 0.25) is 0 Å². The van der Waals surface area contributed by atoms with Crippen LogP contribution in [0.3, 0.4) is 0 Å². The van der Waals surface area contributed by atoms with E-state index in [4.69, 9.17) is 9.47 Å². The van der Waals surface area contributed by atoms with Gasteiger partial charge >= 0.3 is 0 Å². The van der Waals surface area contributed by atoms with Crippen molar-refractivity contribution < 1.29 is 9.47 Å². The first-order valence-electron chi connectivity index (χ1n) is 10.7. The smallest absolute Gasteiger partial charge is 0.123 e. The van der Waals surface area contributed by atoms with Gasteiger partial charge in [0, 0.05) is 25.3 Å². The van der Waals surface area contributed by atoms with E-state index in [-0.39, 0.29) is 0 Å². The molecule has 0 bridgehead atoms. The fourth-order valence-corrected chi connectivity index (χ4v) is 4.21. The van der Waals surface area contributed by atoms with Crippen LogP contribution in [0.2, 0.25) is 0 Å². The van der Waals surface area contributed by atoms with Gasteiger partial charge < -0.3 is 14.0 Å². The molecule has 0 N–H and O–H groups in total. The number of hydrogen-bond donors (Lipinski definition) is 0. The number of para-hydroxylation sites is 3. The lowest BCUT2D eigenvalue weighted by Gasteiger charge is -2.32. The van der Waals surface area contributed by atoms with E-state index in [1.165, 1.54) is 23.9 Å². The number of methoxy groups -OCH3 is 1. The van der Waals surface area contributed by atoms with E-state index in [2.05, 4.69) is 38.7 Å². The highest BCUT2D eigenvalue weighted by Gasteiger charge is 2.20. The third kappa shape index (κ3) is 5.17. The van der Waals surface area contributed by atoms with Gasteiger partial charge in [0.25, 0.3) is 0 Å². The Balaban J connectivity index is 1.13. The summed E-state index contributed by atoms with van der Waals surface area (Å²) >= 11 is 0. The first-order valence-corrected chi connectivity index (χ1v) is 10.7. The second-order valence-corrected chi connectivity index (χ2v) is 7.86. The lowest BCUT2D eigenvalue weighted by molar-refractivity contribution is 0.0952. The van der Waals surface area contributed by atoms with Crippen molar-refractivity contribution in [3.8, 4) is 5.75 Å². The number of fused-ring (bicyclic) bond motifs is 1. The van der Waals surface area contributed by atoms with E-state index in [0.717, 1.165) is 63.0 Å². The summed E-state index contributed by atoms with van der Waals surface area (Å²) in [6.45, 7) is 5.74. The zero-order valence-electron chi connectivity index (χ0n) is 17.3. The summed E-state index contributed by atoms with van der Waals surface area (Å²) in [6, 6.07) is 16.6. The van der Waals surface area contributed by atoms with Crippen molar-refractivity contribution >= 4 is 11.0 Å². The quantitative estimate of drug-likeness (QED) is 0.506. The maximum absolute atomic E-state index is 5.93. The van der Waals surface area contributed by atoms with E-state index in [9.17, 15) is 0 Å². The monoisotopic (exact) mass is 393 g/mol. The largest absolute Gasteiger partial charge is 0.496 e. The summed E-state index contributed by atoms with van der Waals surface area (Å²) < 4.78 is 13.6. The second kappa shape index (κ2) is 9.90. The minimum Gasteiger partial charge on any atom is -0.496 e. The molecule has 29 heavy (non-hydrogen) atoms. The number of ether oxygens (including phenoxy) is 2. The Bertz CT molecular complexity index is 900. The van der Waals surface area contributed by atoms with E-state index in [1.807, 2.05) is 30.6 Å². The SMILES string of the molecule is COc1ccccc1CN1CCC(CCOCCn2cnc3ccccc32)CC1. The lowest BCUT2D eigenvalue weighted by Crippen LogP contribution is -2.33. The van der Waals surface area contributed by atoms with Crippen LogP contribution >= 0.6 is 0 Å². The van der Waals surface area contributed by atoms with Crippen molar-refractivity contribution in [1.82, 2.24) is 14.5 Å². The number of nitrogens with zero attached hydrogens (tertiary/aromatic N) is 3. The molecule has 0 amide bonds. The zero-order valence-corrected chi connectivity index (χ0v) is 17.3. The number of rotatable bonds is 9. The van der Waals surface area contributed by atoms with Crippen molar-refractivity contribution in [2.45, 2.75) is 32.4 Å². The molecule has 2 heterocycles. The molecular weight excluding hydrogens is 362 g/mol. The number of likely N-dealkylation sites (tertiary alicyclic amines) is 1. The zero-order chi connectivity index (χ0) is 19.9. The van der Waals surface area contributed by atoms with Crippen LogP contribution in [-0.4, -0.2) is 47.9 Å². The number of hydrogen-bond acceptors (Lipinski definition) is 4. The molecule has 0 unspecified atom stereocenters. The van der Waals surface area contributed by atoms with Crippen LogP contribution in [-0.2, 0) is 17.8 Å². The molecule has 0 spiro atoms. The first kappa shape index (κ1) is 19.9. The van der Waals surface area contributed by atoms with E-state index < -0.39 is 0 Å². The van der Waals surface area contributed by atoms with Gasteiger partial charge in [0.15, 0.2) is 0 Å². The van der Waals surface area contributed by atoms with Crippen molar-refractivity contribution in [2.75, 3.05) is 33.4 Å². The maximum atomic E-state index is 5.93. The Morgan fingerprint density at radius 1 is 1.00 bits per heavy atom. The van der Waals surface area contributed by atoms with Crippen LogP contribution in [0.1, 0.15) is 24.8 Å². The van der Waals surface area contributed by atoms with Gasteiger partial charge in [-0.2, -0.15) is 0 Å². The Morgan fingerprint density at radius 2 is 1.79 bits per heavy atom. The van der Waals surface area contributed by atoms with Crippen LogP contribution in [0.4, 0.5) is 0 Å². The summed E-state index contributed by atoms with van der Waals surface area (Å²) in [5.41, 5.74) is 3.51. The Kier molecular flexibility index (Phi) is 6.80. The lowest BCUT2D eigenvalue weighted by atomic mass is 9.93. The maximum Gasteiger partial charge on any atom is 0.123 e. The van der Waals surface area contributed by atoms with E-state index in [0.29, 0.717) is 0 Å². The average Bonchev–Trinajstić information content (AvgIpc) is 3.18. The highest BCUT2D eigenvalue weighted by atomic mass is 16.5. The summed E-state index contributed by atoms with van der Waals surface area (Å²) in [5, 5.41) is 0. The predicted molar refractivity (Wildman–Crippen MR) is 116 cm³/mol. The number of piperidine rings is 1. The minimum atomic E-state index is 0.743. The molecule has 1 fully saturated rings. The summed E-state index contributed by atoms with van der Waals surface area (Å²) in [5.74, 6) is 1.77. The van der Waals surface area contributed by atoms with Gasteiger partial charge in [-0.15, -0.1) is 0 Å². The highest BCUT2D eigenvalue weighted by molar-refractivity contribution is 5.74. The molecule has 5 heteroatoms. The molecular formula is C24H31N3O2. The van der Waals surface area contributed by atoms with Crippen molar-refractivity contribution in [3.05, 3.63) is 60.4 Å². The minimum absolute atomic E-state index is 0.743. The molecule has 3 aromatic rings. The van der Waals surface area contributed by atoms with Gasteiger partial charge in [-0.25, -0.2) is 4.98 Å². The third-order valence-electron chi connectivity index (χ3n) is 5.97. The summed E-state index contributed by atoms with van der Waals surface area (Å²) in [4.78, 5) is 6.97. The van der Waals surface area contributed by atoms with Crippen LogP contribution in [0.5, 0.6) is 5.75 Å². The first-order chi connectivity index (χ1) is 14.3. The van der Waals surface area contributed by atoms with Gasteiger partial charge in [0.1, 0.15) is 5.75 Å². The molecule has 1 aromatic heterocycles. The fraction of sp³-hybridized carbons (Fsp3) is 0.458. The molecule has 0 atom stereocenters. The van der Waals surface area contributed by atoms with Gasteiger partial charge in [-0.3, -0.25) is 4.90 Å². The van der Waals surface area contributed by atoms with Crippen LogP contribution in [0, 0.1) is 5.92 Å². The molecule has 4 rings (SSSR count). The van der Waals surface area contributed by atoms with Crippen LogP contribution in [0.15, 0.2) is 54.9 Å². The Labute approximate surface area is 173 Å². The second-order valence-electron chi connectivity index (χ2n) is 7.86. The third-order valence-corrected chi connectivity index (χ3v) is 5.97. The summed E-state index contributed by atoms with van der Waals surface area (Å²) in [7, 11) is 1.75. The van der Waals surface area contributed by atoms with E-state index >= 15 is 0 Å². The highest BCUT2D eigenvalue weighted by Crippen LogP contribution is 2.25. The topological polar surface area (TPSA) is 39.5 Å². The van der Waals surface area contributed by atoms with Gasteiger partial charge in [0.05, 0.1) is 31.1 Å².